The molecule has 0 saturated heterocycles. The summed E-state index contributed by atoms with van der Waals surface area (Å²) in [5.41, 5.74) is 0. The normalized spacial score (nSPS) is 13.2. The summed E-state index contributed by atoms with van der Waals surface area (Å²) in [5.74, 6) is 0. The lowest BCUT2D eigenvalue weighted by Crippen LogP contribution is -2.18. The Labute approximate surface area is 75.9 Å². The number of ether oxygens (including phenoxy) is 1. The van der Waals surface area contributed by atoms with Crippen LogP contribution in [0.1, 0.15) is 46.0 Å². The Balaban J connectivity index is 3.26. The Morgan fingerprint density at radius 3 is 2.33 bits per heavy atom. The van der Waals surface area contributed by atoms with Crippen molar-refractivity contribution in [2.24, 2.45) is 0 Å². The highest BCUT2D eigenvalue weighted by molar-refractivity contribution is 4.55. The van der Waals surface area contributed by atoms with Gasteiger partial charge in [0.2, 0.25) is 0 Å². The summed E-state index contributed by atoms with van der Waals surface area (Å²) in [5, 5.41) is 8.93. The maximum Gasteiger partial charge on any atom is 0.0805 e. The van der Waals surface area contributed by atoms with E-state index in [-0.39, 0.29) is 12.7 Å². The molecule has 1 N–H and O–H groups in total. The van der Waals surface area contributed by atoms with Gasteiger partial charge in [-0.15, -0.1) is 0 Å². The molecule has 0 saturated carbocycles. The minimum Gasteiger partial charge on any atom is -0.394 e. The van der Waals surface area contributed by atoms with E-state index in [1.54, 1.807) is 0 Å². The number of aliphatic hydroxyl groups excluding tert-OH is 1. The Bertz CT molecular complexity index is 83.9. The number of hydrogen-bond acceptors (Lipinski definition) is 2. The van der Waals surface area contributed by atoms with Gasteiger partial charge in [0.25, 0.3) is 0 Å². The Morgan fingerprint density at radius 1 is 1.17 bits per heavy atom. The molecule has 0 fully saturated rings. The quantitative estimate of drug-likeness (QED) is 0.572. The molecule has 0 aromatic heterocycles. The van der Waals surface area contributed by atoms with E-state index in [1.165, 1.54) is 6.42 Å². The van der Waals surface area contributed by atoms with Crippen LogP contribution >= 0.6 is 0 Å². The second kappa shape index (κ2) is 9.01. The minimum atomic E-state index is 0.0801. The van der Waals surface area contributed by atoms with E-state index < -0.39 is 0 Å². The molecule has 0 spiro atoms. The molecule has 1 atom stereocenters. The van der Waals surface area contributed by atoms with E-state index >= 15 is 0 Å². The molecule has 0 amide bonds. The average Bonchev–Trinajstić information content (AvgIpc) is 2.11. The summed E-state index contributed by atoms with van der Waals surface area (Å²) in [6, 6.07) is 0. The lowest BCUT2D eigenvalue weighted by Gasteiger charge is -2.14. The van der Waals surface area contributed by atoms with Crippen LogP contribution in [0.3, 0.4) is 0 Å². The maximum absolute atomic E-state index is 8.93. The highest BCUT2D eigenvalue weighted by atomic mass is 16.5. The van der Waals surface area contributed by atoms with Crippen LogP contribution in [0.4, 0.5) is 0 Å². The van der Waals surface area contributed by atoms with Gasteiger partial charge < -0.3 is 9.84 Å². The third-order valence-corrected chi connectivity index (χ3v) is 1.93. The van der Waals surface area contributed by atoms with E-state index in [1.807, 2.05) is 0 Å². The first kappa shape index (κ1) is 11.9. The summed E-state index contributed by atoms with van der Waals surface area (Å²) in [4.78, 5) is 0. The van der Waals surface area contributed by atoms with Crippen LogP contribution in [0.2, 0.25) is 0 Å². The lowest BCUT2D eigenvalue weighted by atomic mass is 10.2. The highest BCUT2D eigenvalue weighted by Crippen LogP contribution is 2.04. The van der Waals surface area contributed by atoms with Gasteiger partial charge in [-0.25, -0.2) is 0 Å². The molecular formula is C10H22O2. The SMILES string of the molecule is CCCCOC(CO)CCCC. The molecule has 1 unspecified atom stereocenters. The third-order valence-electron chi connectivity index (χ3n) is 1.93. The molecule has 0 aliphatic carbocycles. The van der Waals surface area contributed by atoms with Gasteiger partial charge in [-0.05, 0) is 12.8 Å². The van der Waals surface area contributed by atoms with Gasteiger partial charge in [-0.2, -0.15) is 0 Å². The molecule has 12 heavy (non-hydrogen) atoms. The summed E-state index contributed by atoms with van der Waals surface area (Å²) >= 11 is 0. The Morgan fingerprint density at radius 2 is 1.83 bits per heavy atom. The van der Waals surface area contributed by atoms with Gasteiger partial charge >= 0.3 is 0 Å². The van der Waals surface area contributed by atoms with Crippen molar-refractivity contribution < 1.29 is 9.84 Å². The fourth-order valence-corrected chi connectivity index (χ4v) is 1.05. The Hall–Kier alpha value is -0.0800. The number of unbranched alkanes of at least 4 members (excludes halogenated alkanes) is 2. The number of rotatable bonds is 8. The molecule has 0 radical (unpaired) electrons. The Kier molecular flexibility index (Phi) is 8.95. The monoisotopic (exact) mass is 174 g/mol. The molecule has 0 aromatic carbocycles. The van der Waals surface area contributed by atoms with E-state index in [0.29, 0.717) is 0 Å². The molecule has 0 aromatic rings. The minimum absolute atomic E-state index is 0.0801. The van der Waals surface area contributed by atoms with Gasteiger partial charge in [-0.3, -0.25) is 0 Å². The van der Waals surface area contributed by atoms with Crippen molar-refractivity contribution in [2.75, 3.05) is 13.2 Å². The molecule has 2 heteroatoms. The van der Waals surface area contributed by atoms with Crippen LogP contribution in [-0.4, -0.2) is 24.4 Å². The fraction of sp³-hybridized carbons (Fsp3) is 1.00. The van der Waals surface area contributed by atoms with Gasteiger partial charge in [0.15, 0.2) is 0 Å². The summed E-state index contributed by atoms with van der Waals surface area (Å²) in [6.07, 6.45) is 5.66. The van der Waals surface area contributed by atoms with Crippen LogP contribution in [0.25, 0.3) is 0 Å². The van der Waals surface area contributed by atoms with Gasteiger partial charge in [-0.1, -0.05) is 33.1 Å². The molecule has 0 heterocycles. The lowest BCUT2D eigenvalue weighted by molar-refractivity contribution is 0.00576. The van der Waals surface area contributed by atoms with Crippen molar-refractivity contribution in [1.29, 1.82) is 0 Å². The predicted octanol–water partition coefficient (Wildman–Crippen LogP) is 2.35. The zero-order chi connectivity index (χ0) is 9.23. The molecule has 0 bridgehead atoms. The highest BCUT2D eigenvalue weighted by Gasteiger charge is 2.05. The third kappa shape index (κ3) is 6.62. The zero-order valence-electron chi connectivity index (χ0n) is 8.38. The molecule has 0 rings (SSSR count). The molecule has 0 aliphatic rings. The smallest absolute Gasteiger partial charge is 0.0805 e. The molecular weight excluding hydrogens is 152 g/mol. The largest absolute Gasteiger partial charge is 0.394 e. The summed E-state index contributed by atoms with van der Waals surface area (Å²) < 4.78 is 5.48. The van der Waals surface area contributed by atoms with Crippen LogP contribution in [0.15, 0.2) is 0 Å². The van der Waals surface area contributed by atoms with E-state index in [0.717, 1.165) is 32.3 Å². The predicted molar refractivity (Wildman–Crippen MR) is 51.3 cm³/mol. The van der Waals surface area contributed by atoms with Crippen LogP contribution in [0, 0.1) is 0 Å². The summed E-state index contributed by atoms with van der Waals surface area (Å²) in [6.45, 7) is 5.26. The number of hydrogen-bond donors (Lipinski definition) is 1. The van der Waals surface area contributed by atoms with Crippen molar-refractivity contribution in [1.82, 2.24) is 0 Å². The van der Waals surface area contributed by atoms with Gasteiger partial charge in [0, 0.05) is 6.61 Å². The zero-order valence-corrected chi connectivity index (χ0v) is 8.38. The molecule has 2 nitrogen and oxygen atoms in total. The average molecular weight is 174 g/mol. The topological polar surface area (TPSA) is 29.5 Å². The second-order valence-electron chi connectivity index (χ2n) is 3.17. The first-order valence-corrected chi connectivity index (χ1v) is 5.07. The van der Waals surface area contributed by atoms with Crippen molar-refractivity contribution >= 4 is 0 Å². The van der Waals surface area contributed by atoms with E-state index in [2.05, 4.69) is 13.8 Å². The number of aliphatic hydroxyl groups is 1. The van der Waals surface area contributed by atoms with Crippen LogP contribution in [0.5, 0.6) is 0 Å². The second-order valence-corrected chi connectivity index (χ2v) is 3.17. The molecule has 74 valence electrons. The summed E-state index contributed by atoms with van der Waals surface area (Å²) in [7, 11) is 0. The van der Waals surface area contributed by atoms with Crippen LogP contribution < -0.4 is 0 Å². The van der Waals surface area contributed by atoms with Crippen molar-refractivity contribution in [3.63, 3.8) is 0 Å². The molecule has 0 aliphatic heterocycles. The first-order chi connectivity index (χ1) is 5.85. The first-order valence-electron chi connectivity index (χ1n) is 5.07. The standard InChI is InChI=1S/C10H22O2/c1-3-5-7-10(9-11)12-8-6-4-2/h10-11H,3-9H2,1-2H3. The van der Waals surface area contributed by atoms with E-state index in [4.69, 9.17) is 9.84 Å². The van der Waals surface area contributed by atoms with E-state index in [9.17, 15) is 0 Å². The van der Waals surface area contributed by atoms with Gasteiger partial charge in [0.05, 0.1) is 12.7 Å². The van der Waals surface area contributed by atoms with Crippen molar-refractivity contribution in [3.8, 4) is 0 Å². The fourth-order valence-electron chi connectivity index (χ4n) is 1.05. The van der Waals surface area contributed by atoms with Crippen molar-refractivity contribution in [3.05, 3.63) is 0 Å². The maximum atomic E-state index is 8.93. The van der Waals surface area contributed by atoms with Crippen LogP contribution in [-0.2, 0) is 4.74 Å². The van der Waals surface area contributed by atoms with Gasteiger partial charge in [0.1, 0.15) is 0 Å². The van der Waals surface area contributed by atoms with Crippen molar-refractivity contribution in [2.45, 2.75) is 52.1 Å².